The van der Waals surface area contributed by atoms with Crippen molar-refractivity contribution in [1.82, 2.24) is 4.57 Å². The molecular weight excluding hydrogens is 292 g/mol. The number of carbonyl (C=O) groups excluding carboxylic acids is 1. The third-order valence-corrected chi connectivity index (χ3v) is 3.65. The molecule has 1 heterocycles. The summed E-state index contributed by atoms with van der Waals surface area (Å²) in [7, 11) is 0. The summed E-state index contributed by atoms with van der Waals surface area (Å²) < 4.78 is 6.45. The Balaban J connectivity index is 1.73. The number of aromatic nitrogens is 1. The van der Waals surface area contributed by atoms with Crippen molar-refractivity contribution in [2.75, 3.05) is 5.32 Å². The summed E-state index contributed by atoms with van der Waals surface area (Å²) >= 11 is 0. The lowest BCUT2D eigenvalue weighted by Gasteiger charge is -2.07. The summed E-state index contributed by atoms with van der Waals surface area (Å²) in [5, 5.41) is 2.80. The van der Waals surface area contributed by atoms with E-state index >= 15 is 0 Å². The molecule has 0 fully saturated rings. The predicted octanol–water partition coefficient (Wildman–Crippen LogP) is 3.19. The van der Waals surface area contributed by atoms with Crippen LogP contribution in [0.4, 0.5) is 5.69 Å². The first-order valence-electron chi connectivity index (χ1n) is 7.64. The van der Waals surface area contributed by atoms with Gasteiger partial charge in [0.1, 0.15) is 6.54 Å². The van der Waals surface area contributed by atoms with Crippen molar-refractivity contribution < 1.29 is 9.21 Å². The largest absolute Gasteiger partial charge is 0.420 e. The van der Waals surface area contributed by atoms with E-state index in [1.807, 2.05) is 24.3 Å². The Kier molecular flexibility index (Phi) is 4.28. The van der Waals surface area contributed by atoms with Gasteiger partial charge in [0.05, 0.1) is 5.52 Å². The summed E-state index contributed by atoms with van der Waals surface area (Å²) in [5.74, 6) is -0.790. The van der Waals surface area contributed by atoms with E-state index in [0.29, 0.717) is 11.1 Å². The van der Waals surface area contributed by atoms with Crippen LogP contribution in [0.25, 0.3) is 11.1 Å². The Labute approximate surface area is 133 Å². The molecule has 2 aromatic carbocycles. The number of aryl methyl sites for hydroxylation is 1. The minimum absolute atomic E-state index is 0.0768. The number of amides is 1. The van der Waals surface area contributed by atoms with Gasteiger partial charge in [-0.25, -0.2) is 4.79 Å². The lowest BCUT2D eigenvalue weighted by Crippen LogP contribution is -2.24. The SMILES string of the molecule is CCCc1ccc(NC(=O)Cn2c(=O)oc3ccccc32)cc1. The monoisotopic (exact) mass is 310 g/mol. The molecule has 23 heavy (non-hydrogen) atoms. The number of anilines is 1. The predicted molar refractivity (Wildman–Crippen MR) is 89.5 cm³/mol. The molecule has 0 spiro atoms. The molecule has 0 atom stereocenters. The number of nitrogens with one attached hydrogen (secondary N) is 1. The number of benzene rings is 2. The molecule has 3 aromatic rings. The molecule has 0 aliphatic rings. The van der Waals surface area contributed by atoms with Gasteiger partial charge in [0, 0.05) is 5.69 Å². The average molecular weight is 310 g/mol. The summed E-state index contributed by atoms with van der Waals surface area (Å²) in [5.41, 5.74) is 3.05. The summed E-state index contributed by atoms with van der Waals surface area (Å²) in [6.45, 7) is 2.05. The van der Waals surface area contributed by atoms with Crippen molar-refractivity contribution in [3.05, 3.63) is 64.6 Å². The quantitative estimate of drug-likeness (QED) is 0.787. The van der Waals surface area contributed by atoms with E-state index in [4.69, 9.17) is 4.42 Å². The average Bonchev–Trinajstić information content (AvgIpc) is 2.85. The Bertz CT molecular complexity index is 875. The highest BCUT2D eigenvalue weighted by Crippen LogP contribution is 2.13. The number of fused-ring (bicyclic) bond motifs is 1. The van der Waals surface area contributed by atoms with E-state index in [2.05, 4.69) is 12.2 Å². The van der Waals surface area contributed by atoms with E-state index in [-0.39, 0.29) is 12.5 Å². The summed E-state index contributed by atoms with van der Waals surface area (Å²) in [6, 6.07) is 14.8. The van der Waals surface area contributed by atoms with Crippen molar-refractivity contribution in [3.8, 4) is 0 Å². The van der Waals surface area contributed by atoms with Gasteiger partial charge in [0.2, 0.25) is 5.91 Å². The molecule has 0 unspecified atom stereocenters. The van der Waals surface area contributed by atoms with E-state index in [1.165, 1.54) is 10.1 Å². The molecule has 0 radical (unpaired) electrons. The maximum absolute atomic E-state index is 12.2. The normalized spacial score (nSPS) is 10.8. The van der Waals surface area contributed by atoms with Crippen molar-refractivity contribution in [1.29, 1.82) is 0 Å². The fourth-order valence-corrected chi connectivity index (χ4v) is 2.55. The maximum atomic E-state index is 12.2. The lowest BCUT2D eigenvalue weighted by molar-refractivity contribution is -0.116. The maximum Gasteiger partial charge on any atom is 0.420 e. The van der Waals surface area contributed by atoms with Crippen molar-refractivity contribution >= 4 is 22.7 Å². The fourth-order valence-electron chi connectivity index (χ4n) is 2.55. The van der Waals surface area contributed by atoms with Gasteiger partial charge in [-0.15, -0.1) is 0 Å². The van der Waals surface area contributed by atoms with Crippen molar-refractivity contribution in [2.24, 2.45) is 0 Å². The third-order valence-electron chi connectivity index (χ3n) is 3.65. The topological polar surface area (TPSA) is 64.2 Å². The van der Waals surface area contributed by atoms with Gasteiger partial charge in [0.25, 0.3) is 0 Å². The number of carbonyl (C=O) groups is 1. The minimum Gasteiger partial charge on any atom is -0.408 e. The van der Waals surface area contributed by atoms with Crippen LogP contribution in [0.15, 0.2) is 57.7 Å². The first-order valence-corrected chi connectivity index (χ1v) is 7.64. The Morgan fingerprint density at radius 3 is 2.61 bits per heavy atom. The summed E-state index contributed by atoms with van der Waals surface area (Å²) in [4.78, 5) is 24.0. The molecule has 0 aliphatic heterocycles. The van der Waals surface area contributed by atoms with Gasteiger partial charge in [0.15, 0.2) is 5.58 Å². The second-order valence-electron chi connectivity index (χ2n) is 5.42. The van der Waals surface area contributed by atoms with Crippen LogP contribution in [0, 0.1) is 0 Å². The molecule has 1 N–H and O–H groups in total. The zero-order chi connectivity index (χ0) is 16.2. The van der Waals surface area contributed by atoms with Crippen LogP contribution >= 0.6 is 0 Å². The molecule has 3 rings (SSSR count). The lowest BCUT2D eigenvalue weighted by atomic mass is 10.1. The molecule has 118 valence electrons. The van der Waals surface area contributed by atoms with E-state index in [0.717, 1.165) is 18.5 Å². The second kappa shape index (κ2) is 6.52. The smallest absolute Gasteiger partial charge is 0.408 e. The Morgan fingerprint density at radius 2 is 1.87 bits per heavy atom. The van der Waals surface area contributed by atoms with Gasteiger partial charge < -0.3 is 9.73 Å². The van der Waals surface area contributed by atoms with Crippen LogP contribution in [-0.2, 0) is 17.8 Å². The molecular formula is C18H18N2O3. The van der Waals surface area contributed by atoms with E-state index in [9.17, 15) is 9.59 Å². The Hall–Kier alpha value is -2.82. The number of rotatable bonds is 5. The van der Waals surface area contributed by atoms with E-state index < -0.39 is 5.76 Å². The number of hydrogen-bond acceptors (Lipinski definition) is 3. The number of para-hydroxylation sites is 2. The molecule has 0 bridgehead atoms. The molecule has 1 aromatic heterocycles. The molecule has 5 heteroatoms. The highest BCUT2D eigenvalue weighted by atomic mass is 16.4. The number of hydrogen-bond donors (Lipinski definition) is 1. The standard InChI is InChI=1S/C18H18N2O3/c1-2-5-13-8-10-14(11-9-13)19-17(21)12-20-15-6-3-4-7-16(15)23-18(20)22/h3-4,6-11H,2,5,12H2,1H3,(H,19,21). The highest BCUT2D eigenvalue weighted by Gasteiger charge is 2.12. The number of nitrogens with zero attached hydrogens (tertiary/aromatic N) is 1. The zero-order valence-electron chi connectivity index (χ0n) is 12.9. The van der Waals surface area contributed by atoms with Crippen LogP contribution in [0.3, 0.4) is 0 Å². The van der Waals surface area contributed by atoms with Crippen LogP contribution in [0.1, 0.15) is 18.9 Å². The first-order chi connectivity index (χ1) is 11.2. The fraction of sp³-hybridized carbons (Fsp3) is 0.222. The van der Waals surface area contributed by atoms with E-state index in [1.54, 1.807) is 24.3 Å². The molecule has 0 aliphatic carbocycles. The number of oxazole rings is 1. The zero-order valence-corrected chi connectivity index (χ0v) is 12.9. The Morgan fingerprint density at radius 1 is 1.13 bits per heavy atom. The minimum atomic E-state index is -0.528. The molecule has 0 saturated heterocycles. The van der Waals surface area contributed by atoms with Crippen LogP contribution in [0.2, 0.25) is 0 Å². The van der Waals surface area contributed by atoms with Crippen LogP contribution in [0.5, 0.6) is 0 Å². The third kappa shape index (κ3) is 3.34. The summed E-state index contributed by atoms with van der Waals surface area (Å²) in [6.07, 6.45) is 2.10. The van der Waals surface area contributed by atoms with Crippen molar-refractivity contribution in [2.45, 2.75) is 26.3 Å². The molecule has 5 nitrogen and oxygen atoms in total. The van der Waals surface area contributed by atoms with Gasteiger partial charge in [-0.3, -0.25) is 9.36 Å². The molecule has 0 saturated carbocycles. The van der Waals surface area contributed by atoms with Gasteiger partial charge in [-0.2, -0.15) is 0 Å². The van der Waals surface area contributed by atoms with Gasteiger partial charge in [-0.05, 0) is 36.2 Å². The highest BCUT2D eigenvalue weighted by molar-refractivity contribution is 5.91. The van der Waals surface area contributed by atoms with Gasteiger partial charge in [-0.1, -0.05) is 37.6 Å². The molecule has 1 amide bonds. The first kappa shape index (κ1) is 15.1. The van der Waals surface area contributed by atoms with Crippen LogP contribution in [-0.4, -0.2) is 10.5 Å². The second-order valence-corrected chi connectivity index (χ2v) is 5.42. The van der Waals surface area contributed by atoms with Crippen molar-refractivity contribution in [3.63, 3.8) is 0 Å². The van der Waals surface area contributed by atoms with Gasteiger partial charge >= 0.3 is 5.76 Å². The van der Waals surface area contributed by atoms with Crippen LogP contribution < -0.4 is 11.1 Å².